The second kappa shape index (κ2) is 22.4. The summed E-state index contributed by atoms with van der Waals surface area (Å²) in [5.74, 6) is 0.472. The summed E-state index contributed by atoms with van der Waals surface area (Å²) in [7, 11) is 0. The molecule has 0 fully saturated rings. The highest BCUT2D eigenvalue weighted by Crippen LogP contribution is 2.14. The van der Waals surface area contributed by atoms with Crippen LogP contribution in [0.4, 0.5) is 0 Å². The Morgan fingerprint density at radius 3 is 1.69 bits per heavy atom. The summed E-state index contributed by atoms with van der Waals surface area (Å²) >= 11 is 5.67. The Bertz CT molecular complexity index is 444. The van der Waals surface area contributed by atoms with E-state index in [-0.39, 0.29) is 0 Å². The van der Waals surface area contributed by atoms with Gasteiger partial charge in [-0.2, -0.15) is 0 Å². The van der Waals surface area contributed by atoms with Gasteiger partial charge in [-0.25, -0.2) is 0 Å². The van der Waals surface area contributed by atoms with E-state index in [0.717, 1.165) is 19.4 Å². The van der Waals surface area contributed by atoms with E-state index in [4.69, 9.17) is 12.2 Å². The smallest absolute Gasteiger partial charge is 0.0388 e. The molecule has 32 heavy (non-hydrogen) atoms. The molecule has 0 aliphatic carbocycles. The van der Waals surface area contributed by atoms with Crippen molar-refractivity contribution in [3.05, 3.63) is 12.3 Å². The normalized spacial score (nSPS) is 12.5. The molecule has 0 spiro atoms. The highest BCUT2D eigenvalue weighted by molar-refractivity contribution is 7.80. The molecular formula is C29H58N2S. The molecule has 0 saturated carbocycles. The zero-order chi connectivity index (χ0) is 24.0. The molecule has 0 rings (SSSR count). The highest BCUT2D eigenvalue weighted by Gasteiger charge is 2.17. The van der Waals surface area contributed by atoms with Crippen LogP contribution in [0, 0.1) is 5.92 Å². The van der Waals surface area contributed by atoms with E-state index >= 15 is 0 Å². The minimum atomic E-state index is 0.374. The fourth-order valence-electron chi connectivity index (χ4n) is 4.30. The van der Waals surface area contributed by atoms with Gasteiger partial charge in [-0.15, -0.1) is 0 Å². The summed E-state index contributed by atoms with van der Waals surface area (Å²) in [4.78, 5) is 1.18. The van der Waals surface area contributed by atoms with Crippen molar-refractivity contribution in [3.8, 4) is 0 Å². The predicted molar refractivity (Wildman–Crippen MR) is 151 cm³/mol. The van der Waals surface area contributed by atoms with Gasteiger partial charge in [0.15, 0.2) is 0 Å². The Morgan fingerprint density at radius 1 is 0.719 bits per heavy atom. The number of allylic oxidation sites excluding steroid dienone is 1. The van der Waals surface area contributed by atoms with Gasteiger partial charge in [0.05, 0.1) is 0 Å². The van der Waals surface area contributed by atoms with Gasteiger partial charge in [0.1, 0.15) is 0 Å². The van der Waals surface area contributed by atoms with E-state index in [1.165, 1.54) is 107 Å². The van der Waals surface area contributed by atoms with Crippen molar-refractivity contribution in [1.29, 1.82) is 0 Å². The van der Waals surface area contributed by atoms with Gasteiger partial charge in [-0.1, -0.05) is 130 Å². The minimum Gasteiger partial charge on any atom is -0.389 e. The monoisotopic (exact) mass is 466 g/mol. The van der Waals surface area contributed by atoms with Crippen molar-refractivity contribution in [2.75, 3.05) is 6.54 Å². The molecule has 0 aliphatic rings. The Labute approximate surface area is 208 Å². The second-order valence-corrected chi connectivity index (χ2v) is 10.9. The fourth-order valence-corrected chi connectivity index (χ4v) is 4.48. The van der Waals surface area contributed by atoms with Gasteiger partial charge in [0.2, 0.25) is 0 Å². The number of hydrogen-bond donors (Lipinski definition) is 2. The van der Waals surface area contributed by atoms with Gasteiger partial charge in [0.25, 0.3) is 0 Å². The quantitative estimate of drug-likeness (QED) is 0.109. The summed E-state index contributed by atoms with van der Waals surface area (Å²) in [6.45, 7) is 16.4. The Kier molecular flexibility index (Phi) is 22.1. The first-order chi connectivity index (χ1) is 15.4. The van der Waals surface area contributed by atoms with Gasteiger partial charge in [0, 0.05) is 29.2 Å². The lowest BCUT2D eigenvalue weighted by Crippen LogP contribution is -2.41. The zero-order valence-electron chi connectivity index (χ0n) is 22.6. The maximum Gasteiger partial charge on any atom is 0.0388 e. The van der Waals surface area contributed by atoms with Crippen molar-refractivity contribution in [2.45, 2.75) is 156 Å². The van der Waals surface area contributed by atoms with Crippen LogP contribution in [0.15, 0.2) is 12.3 Å². The minimum absolute atomic E-state index is 0.374. The molecular weight excluding hydrogens is 408 g/mol. The van der Waals surface area contributed by atoms with Crippen molar-refractivity contribution < 1.29 is 0 Å². The summed E-state index contributed by atoms with van der Waals surface area (Å²) in [5, 5.41) is 7.19. The fraction of sp³-hybridized carbons (Fsp3) is 0.897. The third-order valence-corrected chi connectivity index (χ3v) is 7.08. The number of unbranched alkanes of at least 4 members (excludes halogenated alkanes) is 13. The Hall–Kier alpha value is -0.410. The van der Waals surface area contributed by atoms with E-state index in [9.17, 15) is 0 Å². The second-order valence-electron chi connectivity index (χ2n) is 10.4. The molecule has 0 saturated heterocycles. The number of hydrogen-bond acceptors (Lipinski definition) is 3. The molecule has 0 bridgehead atoms. The maximum atomic E-state index is 5.67. The molecule has 2 N–H and O–H groups in total. The predicted octanol–water partition coefficient (Wildman–Crippen LogP) is 9.13. The van der Waals surface area contributed by atoms with Gasteiger partial charge in [-0.05, 0) is 38.0 Å². The molecule has 0 radical (unpaired) electrons. The van der Waals surface area contributed by atoms with E-state index in [1.54, 1.807) is 0 Å². The molecule has 2 nitrogen and oxygen atoms in total. The molecule has 1 unspecified atom stereocenters. The Balaban J connectivity index is 3.54. The molecule has 0 aromatic heterocycles. The molecule has 0 aromatic rings. The van der Waals surface area contributed by atoms with Crippen LogP contribution in [0.5, 0.6) is 0 Å². The van der Waals surface area contributed by atoms with Crippen LogP contribution in [0.2, 0.25) is 0 Å². The van der Waals surface area contributed by atoms with Crippen LogP contribution >= 0.6 is 12.2 Å². The van der Waals surface area contributed by atoms with E-state index in [1.807, 2.05) is 0 Å². The standard InChI is InChI=1S/C29H58N2S/c1-7-8-9-10-11-12-13-14-15-16-17-18-19-22-27(6)30-24-21-20-23-28(31-26(4)5)29(32)25(2)3/h25-26,28,30-31H,6-24H2,1-5H3. The Morgan fingerprint density at radius 2 is 1.22 bits per heavy atom. The molecule has 190 valence electrons. The van der Waals surface area contributed by atoms with Crippen molar-refractivity contribution >= 4 is 17.1 Å². The molecule has 0 aliphatic heterocycles. The number of rotatable bonds is 24. The molecule has 0 heterocycles. The first-order valence-corrected chi connectivity index (χ1v) is 14.5. The maximum absolute atomic E-state index is 5.67. The van der Waals surface area contributed by atoms with E-state index in [2.05, 4.69) is 51.8 Å². The lowest BCUT2D eigenvalue weighted by atomic mass is 9.98. The number of thiocarbonyl (C=S) groups is 1. The molecule has 1 atom stereocenters. The molecule has 0 amide bonds. The molecule has 0 aromatic carbocycles. The highest BCUT2D eigenvalue weighted by atomic mass is 32.1. The topological polar surface area (TPSA) is 24.1 Å². The third-order valence-electron chi connectivity index (χ3n) is 6.32. The van der Waals surface area contributed by atoms with E-state index < -0.39 is 0 Å². The third kappa shape index (κ3) is 20.2. The van der Waals surface area contributed by atoms with Gasteiger partial charge in [-0.3, -0.25) is 0 Å². The first-order valence-electron chi connectivity index (χ1n) is 14.1. The van der Waals surface area contributed by atoms with Crippen LogP contribution in [0.25, 0.3) is 0 Å². The lowest BCUT2D eigenvalue weighted by molar-refractivity contribution is 0.489. The zero-order valence-corrected chi connectivity index (χ0v) is 23.4. The van der Waals surface area contributed by atoms with Crippen LogP contribution in [0.1, 0.15) is 144 Å². The van der Waals surface area contributed by atoms with Gasteiger partial charge < -0.3 is 10.6 Å². The van der Waals surface area contributed by atoms with Crippen LogP contribution in [-0.2, 0) is 0 Å². The van der Waals surface area contributed by atoms with E-state index in [0.29, 0.717) is 18.0 Å². The summed E-state index contributed by atoms with van der Waals surface area (Å²) < 4.78 is 0. The first kappa shape index (κ1) is 31.6. The summed E-state index contributed by atoms with van der Waals surface area (Å²) in [6.07, 6.45) is 23.0. The summed E-state index contributed by atoms with van der Waals surface area (Å²) in [6, 6.07) is 0.855. The summed E-state index contributed by atoms with van der Waals surface area (Å²) in [5.41, 5.74) is 1.22. The number of nitrogens with one attached hydrogen (secondary N) is 2. The SMILES string of the molecule is C=C(CCCCCCCCCCCCCCC)NCCCCC(NC(C)C)C(=S)C(C)C. The van der Waals surface area contributed by atoms with Crippen molar-refractivity contribution in [1.82, 2.24) is 10.6 Å². The van der Waals surface area contributed by atoms with Crippen molar-refractivity contribution in [2.24, 2.45) is 5.92 Å². The van der Waals surface area contributed by atoms with Gasteiger partial charge >= 0.3 is 0 Å². The largest absolute Gasteiger partial charge is 0.389 e. The average molecular weight is 467 g/mol. The average Bonchev–Trinajstić information content (AvgIpc) is 2.75. The lowest BCUT2D eigenvalue weighted by Gasteiger charge is -2.24. The van der Waals surface area contributed by atoms with Crippen molar-refractivity contribution in [3.63, 3.8) is 0 Å². The molecule has 3 heteroatoms. The van der Waals surface area contributed by atoms with Crippen LogP contribution in [0.3, 0.4) is 0 Å². The van der Waals surface area contributed by atoms with Crippen LogP contribution < -0.4 is 10.6 Å². The van der Waals surface area contributed by atoms with Crippen LogP contribution in [-0.4, -0.2) is 23.5 Å².